The summed E-state index contributed by atoms with van der Waals surface area (Å²) in [7, 11) is 0. The van der Waals surface area contributed by atoms with E-state index >= 15 is 0 Å². The third-order valence-corrected chi connectivity index (χ3v) is 4.27. The smallest absolute Gasteiger partial charge is 0.270 e. The fraction of sp³-hybridized carbons (Fsp3) is 0.647. The van der Waals surface area contributed by atoms with E-state index in [9.17, 15) is 4.79 Å². The van der Waals surface area contributed by atoms with E-state index in [-0.39, 0.29) is 5.91 Å². The molecular weight excluding hydrogens is 262 g/mol. The molecule has 4 nitrogen and oxygen atoms in total. The number of nitrogens with zero attached hydrogens (tertiary/aromatic N) is 1. The normalized spacial score (nSPS) is 21.8. The first kappa shape index (κ1) is 15.8. The molecule has 2 atom stereocenters. The number of hydrogen-bond acceptors (Lipinski definition) is 3. The lowest BCUT2D eigenvalue weighted by Crippen LogP contribution is -2.38. The number of anilines is 1. The van der Waals surface area contributed by atoms with Crippen molar-refractivity contribution >= 4 is 11.6 Å². The van der Waals surface area contributed by atoms with Gasteiger partial charge in [-0.3, -0.25) is 4.79 Å². The number of rotatable bonds is 6. The van der Waals surface area contributed by atoms with Gasteiger partial charge in [-0.25, -0.2) is 4.98 Å². The van der Waals surface area contributed by atoms with Gasteiger partial charge in [-0.1, -0.05) is 33.1 Å². The lowest BCUT2D eigenvalue weighted by molar-refractivity contribution is 0.0914. The van der Waals surface area contributed by atoms with E-state index in [0.29, 0.717) is 11.7 Å². The summed E-state index contributed by atoms with van der Waals surface area (Å²) in [5.74, 6) is 0.719. The zero-order chi connectivity index (χ0) is 15.1. The highest BCUT2D eigenvalue weighted by Crippen LogP contribution is 2.26. The van der Waals surface area contributed by atoms with Gasteiger partial charge in [0.25, 0.3) is 5.91 Å². The Morgan fingerprint density at radius 2 is 2.19 bits per heavy atom. The van der Waals surface area contributed by atoms with E-state index < -0.39 is 0 Å². The SMILES string of the molecule is CCCNc1ccc(C(=O)NC2CCCC(CC)C2)nc1. The van der Waals surface area contributed by atoms with Crippen LogP contribution in [0.1, 0.15) is 62.9 Å². The summed E-state index contributed by atoms with van der Waals surface area (Å²) < 4.78 is 0. The van der Waals surface area contributed by atoms with Gasteiger partial charge in [0.2, 0.25) is 0 Å². The van der Waals surface area contributed by atoms with Gasteiger partial charge in [-0.15, -0.1) is 0 Å². The van der Waals surface area contributed by atoms with Crippen LogP contribution in [0.5, 0.6) is 0 Å². The van der Waals surface area contributed by atoms with Crippen molar-refractivity contribution in [3.63, 3.8) is 0 Å². The summed E-state index contributed by atoms with van der Waals surface area (Å²) in [6.45, 7) is 5.28. The molecule has 0 aromatic carbocycles. The quantitative estimate of drug-likeness (QED) is 0.841. The van der Waals surface area contributed by atoms with E-state index in [1.807, 2.05) is 6.07 Å². The third kappa shape index (κ3) is 4.73. The first-order valence-corrected chi connectivity index (χ1v) is 8.23. The highest BCUT2D eigenvalue weighted by atomic mass is 16.1. The average molecular weight is 289 g/mol. The molecule has 1 aliphatic carbocycles. The summed E-state index contributed by atoms with van der Waals surface area (Å²) in [6, 6.07) is 4.04. The summed E-state index contributed by atoms with van der Waals surface area (Å²) in [6.07, 6.45) is 8.75. The summed E-state index contributed by atoms with van der Waals surface area (Å²) in [5, 5.41) is 6.40. The Morgan fingerprint density at radius 3 is 2.86 bits per heavy atom. The van der Waals surface area contributed by atoms with Crippen LogP contribution in [0.15, 0.2) is 18.3 Å². The molecule has 1 saturated carbocycles. The van der Waals surface area contributed by atoms with E-state index in [1.54, 1.807) is 12.3 Å². The maximum absolute atomic E-state index is 12.2. The largest absolute Gasteiger partial charge is 0.384 e. The minimum absolute atomic E-state index is 0.0428. The highest BCUT2D eigenvalue weighted by Gasteiger charge is 2.22. The van der Waals surface area contributed by atoms with Crippen LogP contribution in [0.25, 0.3) is 0 Å². The minimum Gasteiger partial charge on any atom is -0.384 e. The van der Waals surface area contributed by atoms with Crippen molar-refractivity contribution in [1.29, 1.82) is 0 Å². The number of carbonyl (C=O) groups is 1. The van der Waals surface area contributed by atoms with Gasteiger partial charge in [-0.05, 0) is 37.3 Å². The van der Waals surface area contributed by atoms with E-state index in [0.717, 1.165) is 37.4 Å². The number of hydrogen-bond donors (Lipinski definition) is 2. The second-order valence-corrected chi connectivity index (χ2v) is 5.97. The van der Waals surface area contributed by atoms with Crippen LogP contribution < -0.4 is 10.6 Å². The first-order chi connectivity index (χ1) is 10.2. The third-order valence-electron chi connectivity index (χ3n) is 4.27. The fourth-order valence-electron chi connectivity index (χ4n) is 2.95. The van der Waals surface area contributed by atoms with Crippen LogP contribution in [-0.4, -0.2) is 23.5 Å². The van der Waals surface area contributed by atoms with Gasteiger partial charge < -0.3 is 10.6 Å². The van der Waals surface area contributed by atoms with Crippen LogP contribution >= 0.6 is 0 Å². The molecule has 0 spiro atoms. The molecule has 0 aliphatic heterocycles. The molecular formula is C17H27N3O. The van der Waals surface area contributed by atoms with Crippen molar-refractivity contribution in [2.24, 2.45) is 5.92 Å². The van der Waals surface area contributed by atoms with Gasteiger partial charge >= 0.3 is 0 Å². The summed E-state index contributed by atoms with van der Waals surface area (Å²) in [4.78, 5) is 16.5. The number of aromatic nitrogens is 1. The minimum atomic E-state index is -0.0428. The molecule has 1 heterocycles. The molecule has 1 fully saturated rings. The summed E-state index contributed by atoms with van der Waals surface area (Å²) >= 11 is 0. The fourth-order valence-corrected chi connectivity index (χ4v) is 2.95. The zero-order valence-corrected chi connectivity index (χ0v) is 13.2. The Labute approximate surface area is 127 Å². The summed E-state index contributed by atoms with van der Waals surface area (Å²) in [5.41, 5.74) is 1.48. The Morgan fingerprint density at radius 1 is 1.33 bits per heavy atom. The molecule has 0 saturated heterocycles. The average Bonchev–Trinajstić information content (AvgIpc) is 2.53. The van der Waals surface area contributed by atoms with Crippen LogP contribution in [0.4, 0.5) is 5.69 Å². The number of nitrogens with one attached hydrogen (secondary N) is 2. The molecule has 0 bridgehead atoms. The van der Waals surface area contributed by atoms with E-state index in [2.05, 4.69) is 29.5 Å². The maximum atomic E-state index is 12.2. The molecule has 1 aromatic rings. The van der Waals surface area contributed by atoms with Crippen molar-refractivity contribution in [1.82, 2.24) is 10.3 Å². The van der Waals surface area contributed by atoms with Crippen LogP contribution in [0.3, 0.4) is 0 Å². The Hall–Kier alpha value is -1.58. The van der Waals surface area contributed by atoms with Gasteiger partial charge in [-0.2, -0.15) is 0 Å². The van der Waals surface area contributed by atoms with Crippen molar-refractivity contribution in [3.05, 3.63) is 24.0 Å². The van der Waals surface area contributed by atoms with Crippen molar-refractivity contribution in [2.45, 2.75) is 58.4 Å². The number of pyridine rings is 1. The maximum Gasteiger partial charge on any atom is 0.270 e. The second kappa shape index (κ2) is 8.01. The van der Waals surface area contributed by atoms with Crippen molar-refractivity contribution in [3.8, 4) is 0 Å². The molecule has 4 heteroatoms. The predicted octanol–water partition coefficient (Wildman–Crippen LogP) is 3.60. The van der Waals surface area contributed by atoms with Crippen LogP contribution in [0.2, 0.25) is 0 Å². The van der Waals surface area contributed by atoms with Gasteiger partial charge in [0.1, 0.15) is 5.69 Å². The van der Waals surface area contributed by atoms with E-state index in [1.165, 1.54) is 19.3 Å². The van der Waals surface area contributed by atoms with Gasteiger partial charge in [0, 0.05) is 12.6 Å². The number of amides is 1. The molecule has 2 unspecified atom stereocenters. The lowest BCUT2D eigenvalue weighted by atomic mass is 9.84. The zero-order valence-electron chi connectivity index (χ0n) is 13.2. The van der Waals surface area contributed by atoms with Crippen LogP contribution in [0, 0.1) is 5.92 Å². The molecule has 1 aliphatic rings. The molecule has 2 N–H and O–H groups in total. The first-order valence-electron chi connectivity index (χ1n) is 8.23. The van der Waals surface area contributed by atoms with Crippen molar-refractivity contribution in [2.75, 3.05) is 11.9 Å². The van der Waals surface area contributed by atoms with E-state index in [4.69, 9.17) is 0 Å². The lowest BCUT2D eigenvalue weighted by Gasteiger charge is -2.28. The molecule has 116 valence electrons. The predicted molar refractivity (Wildman–Crippen MR) is 86.5 cm³/mol. The molecule has 0 radical (unpaired) electrons. The molecule has 1 amide bonds. The monoisotopic (exact) mass is 289 g/mol. The van der Waals surface area contributed by atoms with Crippen LogP contribution in [-0.2, 0) is 0 Å². The second-order valence-electron chi connectivity index (χ2n) is 5.97. The standard InChI is InChI=1S/C17H27N3O/c1-3-10-18-15-8-9-16(19-12-15)17(21)20-14-7-5-6-13(4-2)11-14/h8-9,12-14,18H,3-7,10-11H2,1-2H3,(H,20,21). The van der Waals surface area contributed by atoms with Crippen molar-refractivity contribution < 1.29 is 4.79 Å². The Kier molecular flexibility index (Phi) is 6.03. The molecule has 1 aromatic heterocycles. The molecule has 2 rings (SSSR count). The topological polar surface area (TPSA) is 54.0 Å². The van der Waals surface area contributed by atoms with Gasteiger partial charge in [0.05, 0.1) is 11.9 Å². The molecule has 21 heavy (non-hydrogen) atoms. The number of carbonyl (C=O) groups excluding carboxylic acids is 1. The van der Waals surface area contributed by atoms with Gasteiger partial charge in [0.15, 0.2) is 0 Å². The Bertz CT molecular complexity index is 444. The highest BCUT2D eigenvalue weighted by molar-refractivity contribution is 5.92. The Balaban J connectivity index is 1.87.